The van der Waals surface area contributed by atoms with Gasteiger partial charge in [0.05, 0.1) is 0 Å². The first-order chi connectivity index (χ1) is 10.1. The third kappa shape index (κ3) is 2.31. The number of aromatic nitrogens is 1. The van der Waals surface area contributed by atoms with Crippen LogP contribution in [0.3, 0.4) is 0 Å². The van der Waals surface area contributed by atoms with E-state index in [0.717, 1.165) is 22.0 Å². The lowest BCUT2D eigenvalue weighted by Gasteiger charge is -2.19. The molecule has 0 radical (unpaired) electrons. The summed E-state index contributed by atoms with van der Waals surface area (Å²) in [4.78, 5) is 17.3. The molecule has 1 aromatic heterocycles. The minimum Gasteiger partial charge on any atom is -0.373 e. The fourth-order valence-corrected chi connectivity index (χ4v) is 2.72. The fourth-order valence-electron chi connectivity index (χ4n) is 2.72. The van der Waals surface area contributed by atoms with Crippen LogP contribution in [-0.2, 0) is 0 Å². The first kappa shape index (κ1) is 13.4. The summed E-state index contributed by atoms with van der Waals surface area (Å²) >= 11 is 0. The average molecular weight is 278 g/mol. The zero-order valence-electron chi connectivity index (χ0n) is 12.5. The molecule has 3 aromatic rings. The van der Waals surface area contributed by atoms with E-state index in [1.165, 1.54) is 5.56 Å². The number of hydrogen-bond donors (Lipinski definition) is 1. The molecule has 0 unspecified atom stereocenters. The molecule has 1 N–H and O–H groups in total. The van der Waals surface area contributed by atoms with Crippen molar-refractivity contribution in [2.45, 2.75) is 6.92 Å². The van der Waals surface area contributed by atoms with Crippen molar-refractivity contribution in [2.75, 3.05) is 19.0 Å². The summed E-state index contributed by atoms with van der Waals surface area (Å²) in [6.45, 7) is 2.06. The standard InChI is InChI=1S/C18H18N2O/c1-12-9-10-15-14(11-12)16(13-7-5-4-6-8-13)17(20(2)3)18(21)19-15/h4-11H,1-3H3,(H,19,21). The molecule has 3 rings (SSSR count). The maximum atomic E-state index is 12.5. The number of fused-ring (bicyclic) bond motifs is 1. The lowest BCUT2D eigenvalue weighted by Crippen LogP contribution is -2.22. The molecule has 2 aromatic carbocycles. The minimum absolute atomic E-state index is 0.0600. The SMILES string of the molecule is Cc1ccc2[nH]c(=O)c(N(C)C)c(-c3ccccc3)c2c1. The molecule has 0 amide bonds. The number of nitrogens with zero attached hydrogens (tertiary/aromatic N) is 1. The highest BCUT2D eigenvalue weighted by Crippen LogP contribution is 2.33. The van der Waals surface area contributed by atoms with Crippen LogP contribution in [0.15, 0.2) is 53.3 Å². The molecule has 0 atom stereocenters. The van der Waals surface area contributed by atoms with E-state index >= 15 is 0 Å². The van der Waals surface area contributed by atoms with E-state index in [9.17, 15) is 4.79 Å². The van der Waals surface area contributed by atoms with Gasteiger partial charge in [0.25, 0.3) is 5.56 Å². The maximum Gasteiger partial charge on any atom is 0.272 e. The van der Waals surface area contributed by atoms with Crippen LogP contribution >= 0.6 is 0 Å². The van der Waals surface area contributed by atoms with Gasteiger partial charge in [-0.25, -0.2) is 0 Å². The molecule has 0 bridgehead atoms. The van der Waals surface area contributed by atoms with Gasteiger partial charge in [0.15, 0.2) is 0 Å². The van der Waals surface area contributed by atoms with Crippen molar-refractivity contribution in [2.24, 2.45) is 0 Å². The van der Waals surface area contributed by atoms with Gasteiger partial charge in [-0.05, 0) is 24.6 Å². The van der Waals surface area contributed by atoms with Crippen molar-refractivity contribution in [3.63, 3.8) is 0 Å². The van der Waals surface area contributed by atoms with E-state index in [-0.39, 0.29) is 5.56 Å². The number of rotatable bonds is 2. The van der Waals surface area contributed by atoms with Crippen molar-refractivity contribution >= 4 is 16.6 Å². The quantitative estimate of drug-likeness (QED) is 0.778. The van der Waals surface area contributed by atoms with Gasteiger partial charge in [-0.1, -0.05) is 42.0 Å². The monoisotopic (exact) mass is 278 g/mol. The van der Waals surface area contributed by atoms with Crippen LogP contribution in [0.1, 0.15) is 5.56 Å². The molecule has 0 saturated carbocycles. The molecule has 21 heavy (non-hydrogen) atoms. The molecule has 0 aliphatic heterocycles. The highest BCUT2D eigenvalue weighted by atomic mass is 16.1. The molecule has 0 spiro atoms. The number of hydrogen-bond acceptors (Lipinski definition) is 2. The van der Waals surface area contributed by atoms with Crippen LogP contribution in [0.5, 0.6) is 0 Å². The number of benzene rings is 2. The summed E-state index contributed by atoms with van der Waals surface area (Å²) in [6, 6.07) is 16.2. The van der Waals surface area contributed by atoms with Gasteiger partial charge in [0.1, 0.15) is 5.69 Å². The average Bonchev–Trinajstić information content (AvgIpc) is 2.47. The fraction of sp³-hybridized carbons (Fsp3) is 0.167. The van der Waals surface area contributed by atoms with Gasteiger partial charge >= 0.3 is 0 Å². The third-order valence-corrected chi connectivity index (χ3v) is 3.65. The van der Waals surface area contributed by atoms with E-state index < -0.39 is 0 Å². The largest absolute Gasteiger partial charge is 0.373 e. The Labute approximate surface area is 123 Å². The van der Waals surface area contributed by atoms with Gasteiger partial charge < -0.3 is 9.88 Å². The zero-order chi connectivity index (χ0) is 15.0. The summed E-state index contributed by atoms with van der Waals surface area (Å²) in [5.74, 6) is 0. The normalized spacial score (nSPS) is 10.8. The Morgan fingerprint density at radius 2 is 1.71 bits per heavy atom. The molecule has 106 valence electrons. The van der Waals surface area contributed by atoms with E-state index in [2.05, 4.69) is 18.0 Å². The van der Waals surface area contributed by atoms with Crippen molar-refractivity contribution in [3.8, 4) is 11.1 Å². The Morgan fingerprint density at radius 3 is 2.38 bits per heavy atom. The molecule has 3 nitrogen and oxygen atoms in total. The van der Waals surface area contributed by atoms with Crippen LogP contribution < -0.4 is 10.5 Å². The van der Waals surface area contributed by atoms with Crippen molar-refractivity contribution in [1.82, 2.24) is 4.98 Å². The summed E-state index contributed by atoms with van der Waals surface area (Å²) in [5.41, 5.74) is 4.73. The number of anilines is 1. The Balaban J connectivity index is 2.50. The van der Waals surface area contributed by atoms with Crippen LogP contribution in [0.2, 0.25) is 0 Å². The predicted octanol–water partition coefficient (Wildman–Crippen LogP) is 3.57. The number of aromatic amines is 1. The van der Waals surface area contributed by atoms with E-state index in [1.54, 1.807) is 0 Å². The molecule has 0 fully saturated rings. The van der Waals surface area contributed by atoms with Crippen LogP contribution in [-0.4, -0.2) is 19.1 Å². The molecule has 3 heteroatoms. The van der Waals surface area contributed by atoms with Crippen molar-refractivity contribution in [3.05, 3.63) is 64.4 Å². The number of H-pyrrole nitrogens is 1. The minimum atomic E-state index is -0.0600. The summed E-state index contributed by atoms with van der Waals surface area (Å²) in [6.07, 6.45) is 0. The molecular formula is C18H18N2O. The van der Waals surface area contributed by atoms with Crippen LogP contribution in [0, 0.1) is 6.92 Å². The van der Waals surface area contributed by atoms with Gasteiger partial charge in [-0.15, -0.1) is 0 Å². The van der Waals surface area contributed by atoms with Crippen molar-refractivity contribution in [1.29, 1.82) is 0 Å². The molecule has 0 saturated heterocycles. The number of nitrogens with one attached hydrogen (secondary N) is 1. The van der Waals surface area contributed by atoms with Crippen LogP contribution in [0.4, 0.5) is 5.69 Å². The van der Waals surface area contributed by atoms with Gasteiger partial charge in [0.2, 0.25) is 0 Å². The van der Waals surface area contributed by atoms with Gasteiger partial charge in [-0.2, -0.15) is 0 Å². The second kappa shape index (κ2) is 5.09. The first-order valence-electron chi connectivity index (χ1n) is 6.97. The van der Waals surface area contributed by atoms with Gasteiger partial charge in [0, 0.05) is 30.6 Å². The number of pyridine rings is 1. The van der Waals surface area contributed by atoms with Crippen molar-refractivity contribution < 1.29 is 0 Å². The van der Waals surface area contributed by atoms with E-state index in [4.69, 9.17) is 0 Å². The Hall–Kier alpha value is -2.55. The predicted molar refractivity (Wildman–Crippen MR) is 89.1 cm³/mol. The highest BCUT2D eigenvalue weighted by molar-refractivity contribution is 6.01. The molecule has 1 heterocycles. The topological polar surface area (TPSA) is 36.1 Å². The lowest BCUT2D eigenvalue weighted by molar-refractivity contribution is 1.10. The third-order valence-electron chi connectivity index (χ3n) is 3.65. The maximum absolute atomic E-state index is 12.5. The highest BCUT2D eigenvalue weighted by Gasteiger charge is 2.15. The summed E-state index contributed by atoms with van der Waals surface area (Å²) < 4.78 is 0. The second-order valence-corrected chi connectivity index (χ2v) is 5.49. The smallest absolute Gasteiger partial charge is 0.272 e. The van der Waals surface area contributed by atoms with Gasteiger partial charge in [-0.3, -0.25) is 4.79 Å². The van der Waals surface area contributed by atoms with E-state index in [1.807, 2.05) is 61.5 Å². The Bertz CT molecular complexity index is 848. The molecule has 0 aliphatic carbocycles. The lowest BCUT2D eigenvalue weighted by atomic mass is 9.98. The molecule has 0 aliphatic rings. The summed E-state index contributed by atoms with van der Waals surface area (Å²) in [5, 5.41) is 1.07. The van der Waals surface area contributed by atoms with E-state index in [0.29, 0.717) is 5.69 Å². The summed E-state index contributed by atoms with van der Waals surface area (Å²) in [7, 11) is 3.80. The Morgan fingerprint density at radius 1 is 1.00 bits per heavy atom. The Kier molecular flexibility index (Phi) is 3.26. The van der Waals surface area contributed by atoms with Crippen LogP contribution in [0.25, 0.3) is 22.0 Å². The first-order valence-corrected chi connectivity index (χ1v) is 6.97. The molecular weight excluding hydrogens is 260 g/mol. The zero-order valence-corrected chi connectivity index (χ0v) is 12.5. The second-order valence-electron chi connectivity index (χ2n) is 5.49. The number of aryl methyl sites for hydroxylation is 1.